The van der Waals surface area contributed by atoms with Gasteiger partial charge in [-0.15, -0.1) is 0 Å². The van der Waals surface area contributed by atoms with E-state index in [1.807, 2.05) is 6.07 Å². The molecule has 0 radical (unpaired) electrons. The summed E-state index contributed by atoms with van der Waals surface area (Å²) in [7, 11) is 1.56. The lowest BCUT2D eigenvalue weighted by molar-refractivity contribution is -0.136. The minimum Gasteiger partial charge on any atom is -0.493 e. The van der Waals surface area contributed by atoms with Crippen molar-refractivity contribution in [2.75, 3.05) is 13.7 Å². The van der Waals surface area contributed by atoms with Crippen LogP contribution in [0.2, 0.25) is 0 Å². The maximum atomic E-state index is 11.7. The standard InChI is InChI=1S/C24H29NO5/c1-24(2,3)19-9-5-18(6-10-19)16-30-20-11-7-17(15-21(20)29-4)8-12-22(26)25-14-13-23(27)28/h5-12,15H,13-14,16H2,1-4H3,(H,25,26)(H,27,28)/b12-8+. The molecule has 0 spiro atoms. The van der Waals surface area contributed by atoms with E-state index >= 15 is 0 Å². The second-order valence-corrected chi connectivity index (χ2v) is 7.91. The van der Waals surface area contributed by atoms with E-state index in [4.69, 9.17) is 14.6 Å². The number of hydrogen-bond donors (Lipinski definition) is 2. The zero-order valence-corrected chi connectivity index (χ0v) is 17.9. The van der Waals surface area contributed by atoms with Crippen molar-refractivity contribution in [1.82, 2.24) is 5.32 Å². The second kappa shape index (κ2) is 10.5. The van der Waals surface area contributed by atoms with Crippen molar-refractivity contribution < 1.29 is 24.2 Å². The average molecular weight is 411 g/mol. The van der Waals surface area contributed by atoms with Crippen LogP contribution in [0.5, 0.6) is 11.5 Å². The molecule has 0 aromatic heterocycles. The number of carbonyl (C=O) groups is 2. The molecule has 0 aliphatic heterocycles. The van der Waals surface area contributed by atoms with E-state index in [0.29, 0.717) is 18.1 Å². The Balaban J connectivity index is 1.97. The summed E-state index contributed by atoms with van der Waals surface area (Å²) in [5, 5.41) is 11.1. The Morgan fingerprint density at radius 3 is 2.37 bits per heavy atom. The predicted molar refractivity (Wildman–Crippen MR) is 117 cm³/mol. The first-order chi connectivity index (χ1) is 14.2. The minimum atomic E-state index is -0.954. The molecule has 0 saturated heterocycles. The van der Waals surface area contributed by atoms with Crippen molar-refractivity contribution in [2.45, 2.75) is 39.2 Å². The summed E-state index contributed by atoms with van der Waals surface area (Å²) in [5.74, 6) is -0.130. The number of carboxylic acids is 1. The smallest absolute Gasteiger partial charge is 0.305 e. The number of hydrogen-bond acceptors (Lipinski definition) is 4. The molecule has 0 unspecified atom stereocenters. The van der Waals surface area contributed by atoms with Crippen molar-refractivity contribution >= 4 is 18.0 Å². The molecule has 0 atom stereocenters. The van der Waals surface area contributed by atoms with Crippen molar-refractivity contribution in [3.63, 3.8) is 0 Å². The molecule has 0 bridgehead atoms. The highest BCUT2D eigenvalue weighted by atomic mass is 16.5. The quantitative estimate of drug-likeness (QED) is 0.605. The Bertz CT molecular complexity index is 895. The van der Waals surface area contributed by atoms with Crippen LogP contribution in [0.15, 0.2) is 48.5 Å². The highest BCUT2D eigenvalue weighted by Crippen LogP contribution is 2.29. The van der Waals surface area contributed by atoms with Gasteiger partial charge in [0.05, 0.1) is 13.5 Å². The van der Waals surface area contributed by atoms with Crippen LogP contribution in [-0.2, 0) is 21.6 Å². The van der Waals surface area contributed by atoms with Crippen LogP contribution in [0.4, 0.5) is 0 Å². The van der Waals surface area contributed by atoms with Crippen LogP contribution in [-0.4, -0.2) is 30.6 Å². The first kappa shape index (κ1) is 23.0. The number of benzene rings is 2. The number of rotatable bonds is 9. The molecular weight excluding hydrogens is 382 g/mol. The molecule has 2 aromatic rings. The molecule has 1 amide bonds. The fourth-order valence-corrected chi connectivity index (χ4v) is 2.69. The van der Waals surface area contributed by atoms with Gasteiger partial charge in [-0.05, 0) is 40.3 Å². The maximum absolute atomic E-state index is 11.7. The van der Waals surface area contributed by atoms with E-state index in [1.165, 1.54) is 11.6 Å². The second-order valence-electron chi connectivity index (χ2n) is 7.91. The number of methoxy groups -OCH3 is 1. The van der Waals surface area contributed by atoms with Crippen molar-refractivity contribution in [1.29, 1.82) is 0 Å². The van der Waals surface area contributed by atoms with Crippen molar-refractivity contribution in [3.05, 3.63) is 65.2 Å². The summed E-state index contributed by atoms with van der Waals surface area (Å²) in [6.45, 7) is 7.05. The molecule has 0 saturated carbocycles. The Labute approximate surface area is 177 Å². The van der Waals surface area contributed by atoms with E-state index < -0.39 is 5.97 Å². The van der Waals surface area contributed by atoms with Gasteiger partial charge in [0.25, 0.3) is 0 Å². The van der Waals surface area contributed by atoms with Crippen LogP contribution < -0.4 is 14.8 Å². The van der Waals surface area contributed by atoms with E-state index in [2.05, 4.69) is 50.4 Å². The highest BCUT2D eigenvalue weighted by Gasteiger charge is 2.13. The summed E-state index contributed by atoms with van der Waals surface area (Å²) in [4.78, 5) is 22.2. The Kier molecular flexibility index (Phi) is 8.04. The predicted octanol–water partition coefficient (Wildman–Crippen LogP) is 4.18. The van der Waals surface area contributed by atoms with Gasteiger partial charge >= 0.3 is 5.97 Å². The highest BCUT2D eigenvalue weighted by molar-refractivity contribution is 5.92. The Hall–Kier alpha value is -3.28. The third-order valence-electron chi connectivity index (χ3n) is 4.47. The maximum Gasteiger partial charge on any atom is 0.305 e. The molecule has 0 aliphatic rings. The molecule has 160 valence electrons. The van der Waals surface area contributed by atoms with Gasteiger partial charge in [0.1, 0.15) is 6.61 Å². The molecule has 6 heteroatoms. The molecule has 6 nitrogen and oxygen atoms in total. The summed E-state index contributed by atoms with van der Waals surface area (Å²) in [6.07, 6.45) is 2.87. The third kappa shape index (κ3) is 7.28. The first-order valence-electron chi connectivity index (χ1n) is 9.77. The zero-order chi connectivity index (χ0) is 22.1. The summed E-state index contributed by atoms with van der Waals surface area (Å²) >= 11 is 0. The fraction of sp³-hybridized carbons (Fsp3) is 0.333. The molecule has 2 rings (SSSR count). The molecular formula is C24H29NO5. The van der Waals surface area contributed by atoms with Crippen LogP contribution in [0.25, 0.3) is 6.08 Å². The molecule has 2 N–H and O–H groups in total. The largest absolute Gasteiger partial charge is 0.493 e. The van der Waals surface area contributed by atoms with Crippen LogP contribution in [0.1, 0.15) is 43.9 Å². The monoisotopic (exact) mass is 411 g/mol. The van der Waals surface area contributed by atoms with Crippen molar-refractivity contribution in [3.8, 4) is 11.5 Å². The van der Waals surface area contributed by atoms with E-state index in [1.54, 1.807) is 25.3 Å². The van der Waals surface area contributed by atoms with Gasteiger partial charge in [0.2, 0.25) is 5.91 Å². The van der Waals surface area contributed by atoms with Gasteiger partial charge in [-0.3, -0.25) is 9.59 Å². The SMILES string of the molecule is COc1cc(/C=C/C(=O)NCCC(=O)O)ccc1OCc1ccc(C(C)(C)C)cc1. The molecule has 2 aromatic carbocycles. The number of aliphatic carboxylic acids is 1. The lowest BCUT2D eigenvalue weighted by atomic mass is 9.87. The van der Waals surface area contributed by atoms with Gasteiger partial charge in [0.15, 0.2) is 11.5 Å². The fourth-order valence-electron chi connectivity index (χ4n) is 2.69. The zero-order valence-electron chi connectivity index (χ0n) is 17.9. The number of amides is 1. The number of carboxylic acid groups (broad SMARTS) is 1. The minimum absolute atomic E-state index is 0.0886. The first-order valence-corrected chi connectivity index (χ1v) is 9.77. The van der Waals surface area contributed by atoms with Gasteiger partial charge in [-0.2, -0.15) is 0 Å². The van der Waals surface area contributed by atoms with Gasteiger partial charge in [0, 0.05) is 12.6 Å². The molecule has 30 heavy (non-hydrogen) atoms. The lowest BCUT2D eigenvalue weighted by Crippen LogP contribution is -2.23. The normalized spacial score (nSPS) is 11.3. The summed E-state index contributed by atoms with van der Waals surface area (Å²) in [5.41, 5.74) is 3.21. The number of nitrogens with one attached hydrogen (secondary N) is 1. The number of ether oxygens (including phenoxy) is 2. The molecule has 0 heterocycles. The van der Waals surface area contributed by atoms with Crippen LogP contribution >= 0.6 is 0 Å². The molecule has 0 aliphatic carbocycles. The average Bonchev–Trinajstić information content (AvgIpc) is 2.70. The van der Waals surface area contributed by atoms with Crippen molar-refractivity contribution in [2.24, 2.45) is 0 Å². The van der Waals surface area contributed by atoms with Gasteiger partial charge < -0.3 is 19.9 Å². The number of carbonyl (C=O) groups excluding carboxylic acids is 1. The van der Waals surface area contributed by atoms with E-state index in [0.717, 1.165) is 11.1 Å². The van der Waals surface area contributed by atoms with E-state index in [9.17, 15) is 9.59 Å². The third-order valence-corrected chi connectivity index (χ3v) is 4.47. The summed E-state index contributed by atoms with van der Waals surface area (Å²) < 4.78 is 11.3. The Morgan fingerprint density at radius 2 is 1.77 bits per heavy atom. The van der Waals surface area contributed by atoms with Gasteiger partial charge in [-0.25, -0.2) is 0 Å². The van der Waals surface area contributed by atoms with E-state index in [-0.39, 0.29) is 24.3 Å². The van der Waals surface area contributed by atoms with Crippen LogP contribution in [0, 0.1) is 0 Å². The lowest BCUT2D eigenvalue weighted by Gasteiger charge is -2.19. The van der Waals surface area contributed by atoms with Crippen LogP contribution in [0.3, 0.4) is 0 Å². The molecule has 0 fully saturated rings. The van der Waals surface area contributed by atoms with Gasteiger partial charge in [-0.1, -0.05) is 51.1 Å². The Morgan fingerprint density at radius 1 is 1.07 bits per heavy atom. The topological polar surface area (TPSA) is 84.9 Å². The summed E-state index contributed by atoms with van der Waals surface area (Å²) in [6, 6.07) is 13.8.